The molecule has 6 unspecified atom stereocenters. The maximum absolute atomic E-state index is 12.4. The first-order valence-electron chi connectivity index (χ1n) is 21.1. The first kappa shape index (κ1) is 48.4. The van der Waals surface area contributed by atoms with Gasteiger partial charge in [-0.15, -0.1) is 0 Å². The van der Waals surface area contributed by atoms with Crippen LogP contribution in [0.2, 0.25) is 0 Å². The summed E-state index contributed by atoms with van der Waals surface area (Å²) >= 11 is 0. The Balaban J connectivity index is 2.05. The minimum atomic E-state index is -1.53. The van der Waals surface area contributed by atoms with E-state index in [0.29, 0.717) is 13.0 Å². The van der Waals surface area contributed by atoms with Crippen LogP contribution < -0.4 is 0 Å². The van der Waals surface area contributed by atoms with Crippen LogP contribution in [0.15, 0.2) is 36.5 Å². The molecule has 4 N–H and O–H groups in total. The molecular weight excluding hydrogens is 660 g/mol. The van der Waals surface area contributed by atoms with Crippen molar-refractivity contribution in [2.45, 2.75) is 205 Å². The van der Waals surface area contributed by atoms with Crippen molar-refractivity contribution in [3.8, 4) is 0 Å². The predicted octanol–water partition coefficient (Wildman–Crippen LogP) is 8.80. The van der Waals surface area contributed by atoms with Crippen molar-refractivity contribution in [1.82, 2.24) is 0 Å². The monoisotopic (exact) mass is 739 g/mol. The Kier molecular flexibility index (Phi) is 32.7. The normalized spacial score (nSPS) is 21.5. The zero-order valence-electron chi connectivity index (χ0n) is 33.1. The molecule has 0 aliphatic carbocycles. The van der Waals surface area contributed by atoms with Gasteiger partial charge >= 0.3 is 5.97 Å². The lowest BCUT2D eigenvalue weighted by Gasteiger charge is -2.39. The second-order valence-electron chi connectivity index (χ2n) is 14.4. The molecule has 304 valence electrons. The summed E-state index contributed by atoms with van der Waals surface area (Å²) in [5, 5.41) is 39.7. The quantitative estimate of drug-likeness (QED) is 0.0286. The molecule has 0 aromatic heterocycles. The molecule has 1 heterocycles. The molecule has 0 bridgehead atoms. The summed E-state index contributed by atoms with van der Waals surface area (Å²) < 4.78 is 22.5. The second kappa shape index (κ2) is 35.1. The van der Waals surface area contributed by atoms with E-state index in [-0.39, 0.29) is 19.2 Å². The lowest BCUT2D eigenvalue weighted by molar-refractivity contribution is -0.305. The number of hydrogen-bond donors (Lipinski definition) is 4. The van der Waals surface area contributed by atoms with E-state index in [9.17, 15) is 25.2 Å². The van der Waals surface area contributed by atoms with Crippen molar-refractivity contribution < 1.29 is 44.2 Å². The van der Waals surface area contributed by atoms with Crippen molar-refractivity contribution in [3.05, 3.63) is 36.5 Å². The fourth-order valence-corrected chi connectivity index (χ4v) is 6.20. The van der Waals surface area contributed by atoms with Gasteiger partial charge in [-0.05, 0) is 51.4 Å². The van der Waals surface area contributed by atoms with Crippen molar-refractivity contribution in [2.75, 3.05) is 26.4 Å². The lowest BCUT2D eigenvalue weighted by Crippen LogP contribution is -2.59. The lowest BCUT2D eigenvalue weighted by atomic mass is 9.99. The molecule has 0 aromatic carbocycles. The van der Waals surface area contributed by atoms with Crippen LogP contribution in [0.1, 0.15) is 168 Å². The SMILES string of the molecule is CCCCCCC/C=C\C/C=C\C/C=C\CCCCCCCCCCCCCOCC(COC1OC(CO)C(O)C(O)C1O)OC(=O)CCCCC. The predicted molar refractivity (Wildman–Crippen MR) is 210 cm³/mol. The zero-order valence-corrected chi connectivity index (χ0v) is 33.1. The average molecular weight is 739 g/mol. The molecule has 52 heavy (non-hydrogen) atoms. The molecule has 1 rings (SSSR count). The van der Waals surface area contributed by atoms with E-state index in [4.69, 9.17) is 18.9 Å². The standard InChI is InChI=1S/C43H78O9/c1-3-5-7-8-9-10-11-12-13-14-15-16-17-18-19-20-21-22-23-24-25-26-27-28-29-31-33-49-35-37(51-39(45)32-30-6-4-2)36-50-43-42(48)41(47)40(46)38(34-44)52-43/h11-12,14-15,17-18,37-38,40-44,46-48H,3-10,13,16,19-36H2,1-2H3/b12-11-,15-14-,18-17-. The van der Waals surface area contributed by atoms with Gasteiger partial charge in [0.25, 0.3) is 0 Å². The van der Waals surface area contributed by atoms with E-state index >= 15 is 0 Å². The second-order valence-corrected chi connectivity index (χ2v) is 14.4. The van der Waals surface area contributed by atoms with Crippen molar-refractivity contribution >= 4 is 5.97 Å². The van der Waals surface area contributed by atoms with Crippen LogP contribution in [0.25, 0.3) is 0 Å². The van der Waals surface area contributed by atoms with Crippen LogP contribution in [-0.4, -0.2) is 89.6 Å². The molecule has 1 aliphatic heterocycles. The largest absolute Gasteiger partial charge is 0.457 e. The fourth-order valence-electron chi connectivity index (χ4n) is 6.20. The van der Waals surface area contributed by atoms with Crippen LogP contribution in [0.3, 0.4) is 0 Å². The maximum Gasteiger partial charge on any atom is 0.306 e. The number of hydrogen-bond acceptors (Lipinski definition) is 9. The molecule has 0 spiro atoms. The van der Waals surface area contributed by atoms with Gasteiger partial charge in [-0.1, -0.05) is 147 Å². The van der Waals surface area contributed by atoms with Gasteiger partial charge in [0.1, 0.15) is 30.5 Å². The van der Waals surface area contributed by atoms with Gasteiger partial charge in [-0.2, -0.15) is 0 Å². The van der Waals surface area contributed by atoms with Gasteiger partial charge < -0.3 is 39.4 Å². The summed E-state index contributed by atoms with van der Waals surface area (Å²) in [5.74, 6) is -0.340. The molecule has 0 radical (unpaired) electrons. The summed E-state index contributed by atoms with van der Waals surface area (Å²) in [4.78, 5) is 12.4. The van der Waals surface area contributed by atoms with E-state index in [1.807, 2.05) is 0 Å². The van der Waals surface area contributed by atoms with E-state index in [2.05, 4.69) is 50.3 Å². The Bertz CT molecular complexity index is 890. The molecule has 1 aliphatic rings. The minimum absolute atomic E-state index is 0.116. The Hall–Kier alpha value is -1.59. The molecule has 9 heteroatoms. The van der Waals surface area contributed by atoms with Gasteiger partial charge in [0.05, 0.1) is 19.8 Å². The summed E-state index contributed by atoms with van der Waals surface area (Å²) in [6, 6.07) is 0. The smallest absolute Gasteiger partial charge is 0.306 e. The Morgan fingerprint density at radius 2 is 1.12 bits per heavy atom. The summed E-state index contributed by atoms with van der Waals surface area (Å²) in [6.45, 7) is 4.36. The van der Waals surface area contributed by atoms with Crippen LogP contribution in [0, 0.1) is 0 Å². The summed E-state index contributed by atoms with van der Waals surface area (Å²) in [7, 11) is 0. The average Bonchev–Trinajstić information content (AvgIpc) is 3.14. The molecule has 0 aromatic rings. The van der Waals surface area contributed by atoms with Crippen LogP contribution in [0.4, 0.5) is 0 Å². The summed E-state index contributed by atoms with van der Waals surface area (Å²) in [5.41, 5.74) is 0. The van der Waals surface area contributed by atoms with Gasteiger partial charge in [-0.25, -0.2) is 0 Å². The first-order valence-corrected chi connectivity index (χ1v) is 21.1. The topological polar surface area (TPSA) is 135 Å². The number of aliphatic hydroxyl groups is 4. The van der Waals surface area contributed by atoms with Crippen LogP contribution in [0.5, 0.6) is 0 Å². The Labute approximate surface area is 317 Å². The van der Waals surface area contributed by atoms with Gasteiger partial charge in [0.15, 0.2) is 6.29 Å². The van der Waals surface area contributed by atoms with Gasteiger partial charge in [-0.3, -0.25) is 4.79 Å². The fraction of sp³-hybridized carbons (Fsp3) is 0.837. The molecule has 9 nitrogen and oxygen atoms in total. The molecule has 1 saturated heterocycles. The number of rotatable bonds is 35. The Morgan fingerprint density at radius 3 is 1.67 bits per heavy atom. The van der Waals surface area contributed by atoms with E-state index in [1.54, 1.807) is 0 Å². The van der Waals surface area contributed by atoms with Crippen LogP contribution in [-0.2, 0) is 23.7 Å². The minimum Gasteiger partial charge on any atom is -0.457 e. The van der Waals surface area contributed by atoms with Crippen molar-refractivity contribution in [2.24, 2.45) is 0 Å². The highest BCUT2D eigenvalue weighted by Crippen LogP contribution is 2.22. The number of carbonyl (C=O) groups is 1. The van der Waals surface area contributed by atoms with E-state index in [1.165, 1.54) is 103 Å². The highest BCUT2D eigenvalue weighted by Gasteiger charge is 2.44. The van der Waals surface area contributed by atoms with Crippen LogP contribution >= 0.6 is 0 Å². The van der Waals surface area contributed by atoms with E-state index in [0.717, 1.165) is 44.9 Å². The highest BCUT2D eigenvalue weighted by molar-refractivity contribution is 5.69. The number of unbranched alkanes of at least 4 members (excludes halogenated alkanes) is 18. The molecule has 6 atom stereocenters. The number of aliphatic hydroxyl groups excluding tert-OH is 4. The summed E-state index contributed by atoms with van der Waals surface area (Å²) in [6.07, 6.45) is 34.1. The molecular formula is C43H78O9. The zero-order chi connectivity index (χ0) is 37.9. The number of carbonyl (C=O) groups excluding carboxylic acids is 1. The third kappa shape index (κ3) is 26.2. The van der Waals surface area contributed by atoms with Crippen molar-refractivity contribution in [3.63, 3.8) is 0 Å². The Morgan fingerprint density at radius 1 is 0.615 bits per heavy atom. The van der Waals surface area contributed by atoms with Crippen molar-refractivity contribution in [1.29, 1.82) is 0 Å². The first-order chi connectivity index (χ1) is 25.4. The van der Waals surface area contributed by atoms with Gasteiger partial charge in [0.2, 0.25) is 0 Å². The molecule has 0 saturated carbocycles. The van der Waals surface area contributed by atoms with Gasteiger partial charge in [0, 0.05) is 13.0 Å². The third-order valence-electron chi connectivity index (χ3n) is 9.56. The number of ether oxygens (including phenoxy) is 4. The maximum atomic E-state index is 12.4. The number of esters is 1. The highest BCUT2D eigenvalue weighted by atomic mass is 16.7. The number of allylic oxidation sites excluding steroid dienone is 6. The van der Waals surface area contributed by atoms with E-state index < -0.39 is 43.4 Å². The third-order valence-corrected chi connectivity index (χ3v) is 9.56. The molecule has 0 amide bonds. The molecule has 1 fully saturated rings.